The summed E-state index contributed by atoms with van der Waals surface area (Å²) in [5.41, 5.74) is 2.03. The van der Waals surface area contributed by atoms with E-state index in [4.69, 9.17) is 0 Å². The van der Waals surface area contributed by atoms with Gasteiger partial charge in [0.25, 0.3) is 0 Å². The first kappa shape index (κ1) is 13.3. The Morgan fingerprint density at radius 3 is 2.63 bits per heavy atom. The number of hydrogen-bond acceptors (Lipinski definition) is 3. The summed E-state index contributed by atoms with van der Waals surface area (Å²) >= 11 is 0. The van der Waals surface area contributed by atoms with E-state index in [1.54, 1.807) is 10.9 Å². The highest BCUT2D eigenvalue weighted by molar-refractivity contribution is 5.75. The smallest absolute Gasteiger partial charge is 0.244 e. The standard InChI is InChI=1S/C14H18N4O/c1-3-17(10-13-7-5-4-6-8-13)14(19)11-18-12(2)9-15-16-18/h4-9H,3,10-11H2,1-2H3. The van der Waals surface area contributed by atoms with Crippen LogP contribution in [0.1, 0.15) is 18.2 Å². The maximum Gasteiger partial charge on any atom is 0.244 e. The molecule has 0 bridgehead atoms. The molecule has 0 aliphatic heterocycles. The van der Waals surface area contributed by atoms with Crippen molar-refractivity contribution < 1.29 is 4.79 Å². The molecule has 0 N–H and O–H groups in total. The van der Waals surface area contributed by atoms with Crippen molar-refractivity contribution in [1.29, 1.82) is 0 Å². The maximum atomic E-state index is 12.2. The second kappa shape index (κ2) is 6.13. The molecule has 0 fully saturated rings. The van der Waals surface area contributed by atoms with Crippen molar-refractivity contribution in [3.8, 4) is 0 Å². The van der Waals surface area contributed by atoms with E-state index in [-0.39, 0.29) is 12.5 Å². The van der Waals surface area contributed by atoms with Crippen LogP contribution in [-0.2, 0) is 17.9 Å². The van der Waals surface area contributed by atoms with Gasteiger partial charge < -0.3 is 4.90 Å². The van der Waals surface area contributed by atoms with Crippen LogP contribution in [0.2, 0.25) is 0 Å². The van der Waals surface area contributed by atoms with Crippen molar-refractivity contribution >= 4 is 5.91 Å². The fraction of sp³-hybridized carbons (Fsp3) is 0.357. The van der Waals surface area contributed by atoms with Gasteiger partial charge in [-0.05, 0) is 19.4 Å². The van der Waals surface area contributed by atoms with Crippen LogP contribution in [0, 0.1) is 6.92 Å². The molecular formula is C14H18N4O. The van der Waals surface area contributed by atoms with Crippen molar-refractivity contribution in [1.82, 2.24) is 19.9 Å². The second-order valence-electron chi connectivity index (χ2n) is 4.43. The Labute approximate surface area is 112 Å². The molecule has 5 nitrogen and oxygen atoms in total. The Kier molecular flexibility index (Phi) is 4.28. The normalized spacial score (nSPS) is 10.4. The molecule has 0 aliphatic carbocycles. The summed E-state index contributed by atoms with van der Waals surface area (Å²) in [6.45, 7) is 5.42. The highest BCUT2D eigenvalue weighted by Gasteiger charge is 2.14. The van der Waals surface area contributed by atoms with Crippen molar-refractivity contribution in [3.05, 3.63) is 47.8 Å². The quantitative estimate of drug-likeness (QED) is 0.819. The zero-order valence-corrected chi connectivity index (χ0v) is 11.3. The minimum absolute atomic E-state index is 0.0555. The first-order valence-electron chi connectivity index (χ1n) is 6.37. The molecule has 1 amide bonds. The molecule has 1 aromatic heterocycles. The van der Waals surface area contributed by atoms with Crippen LogP contribution >= 0.6 is 0 Å². The van der Waals surface area contributed by atoms with Gasteiger partial charge in [-0.1, -0.05) is 35.5 Å². The highest BCUT2D eigenvalue weighted by Crippen LogP contribution is 2.05. The highest BCUT2D eigenvalue weighted by atomic mass is 16.2. The van der Waals surface area contributed by atoms with Gasteiger partial charge in [-0.3, -0.25) is 4.79 Å². The Bertz CT molecular complexity index is 535. The van der Waals surface area contributed by atoms with Crippen LogP contribution in [-0.4, -0.2) is 32.3 Å². The van der Waals surface area contributed by atoms with Crippen LogP contribution in [0.15, 0.2) is 36.5 Å². The van der Waals surface area contributed by atoms with Crippen LogP contribution in [0.4, 0.5) is 0 Å². The Morgan fingerprint density at radius 2 is 2.05 bits per heavy atom. The van der Waals surface area contributed by atoms with Gasteiger partial charge in [0.1, 0.15) is 6.54 Å². The van der Waals surface area contributed by atoms with E-state index in [2.05, 4.69) is 10.3 Å². The van der Waals surface area contributed by atoms with E-state index >= 15 is 0 Å². The zero-order chi connectivity index (χ0) is 13.7. The summed E-state index contributed by atoms with van der Waals surface area (Å²) in [6.07, 6.45) is 1.65. The lowest BCUT2D eigenvalue weighted by molar-refractivity contribution is -0.132. The van der Waals surface area contributed by atoms with Crippen molar-refractivity contribution in [2.24, 2.45) is 0 Å². The summed E-state index contributed by atoms with van der Waals surface area (Å²) in [5.74, 6) is 0.0555. The molecule has 0 radical (unpaired) electrons. The molecule has 1 aromatic carbocycles. The molecule has 1 heterocycles. The Balaban J connectivity index is 2.01. The lowest BCUT2D eigenvalue weighted by Crippen LogP contribution is -2.33. The lowest BCUT2D eigenvalue weighted by Gasteiger charge is -2.21. The molecule has 2 aromatic rings. The third-order valence-electron chi connectivity index (χ3n) is 3.05. The van der Waals surface area contributed by atoms with E-state index in [1.807, 2.05) is 49.1 Å². The molecule has 5 heteroatoms. The minimum atomic E-state index is 0.0555. The maximum absolute atomic E-state index is 12.2. The first-order chi connectivity index (χ1) is 9.20. The van der Waals surface area contributed by atoms with Gasteiger partial charge in [0, 0.05) is 13.1 Å². The number of aryl methyl sites for hydroxylation is 1. The molecule has 100 valence electrons. The summed E-state index contributed by atoms with van der Waals surface area (Å²) in [6, 6.07) is 9.98. The molecule has 0 unspecified atom stereocenters. The number of aromatic nitrogens is 3. The van der Waals surface area contributed by atoms with E-state index in [0.717, 1.165) is 11.3 Å². The van der Waals surface area contributed by atoms with Gasteiger partial charge in [-0.25, -0.2) is 4.68 Å². The third kappa shape index (κ3) is 3.40. The Hall–Kier alpha value is -2.17. The van der Waals surface area contributed by atoms with E-state index < -0.39 is 0 Å². The fourth-order valence-corrected chi connectivity index (χ4v) is 1.87. The van der Waals surface area contributed by atoms with Crippen LogP contribution in [0.5, 0.6) is 0 Å². The summed E-state index contributed by atoms with van der Waals surface area (Å²) in [5, 5.41) is 7.68. The number of carbonyl (C=O) groups is 1. The van der Waals surface area contributed by atoms with Gasteiger partial charge in [0.2, 0.25) is 5.91 Å². The number of nitrogens with zero attached hydrogens (tertiary/aromatic N) is 4. The van der Waals surface area contributed by atoms with Crippen LogP contribution in [0.3, 0.4) is 0 Å². The van der Waals surface area contributed by atoms with E-state index in [1.165, 1.54) is 0 Å². The number of carbonyl (C=O) groups excluding carboxylic acids is 1. The molecule has 0 atom stereocenters. The lowest BCUT2D eigenvalue weighted by atomic mass is 10.2. The monoisotopic (exact) mass is 258 g/mol. The third-order valence-corrected chi connectivity index (χ3v) is 3.05. The second-order valence-corrected chi connectivity index (χ2v) is 4.43. The van der Waals surface area contributed by atoms with E-state index in [9.17, 15) is 4.79 Å². The number of benzene rings is 1. The number of likely N-dealkylation sites (N-methyl/N-ethyl adjacent to an activating group) is 1. The molecule has 19 heavy (non-hydrogen) atoms. The van der Waals surface area contributed by atoms with Crippen molar-refractivity contribution in [3.63, 3.8) is 0 Å². The van der Waals surface area contributed by atoms with Gasteiger partial charge in [-0.2, -0.15) is 0 Å². The first-order valence-corrected chi connectivity index (χ1v) is 6.37. The summed E-state index contributed by atoms with van der Waals surface area (Å²) in [7, 11) is 0. The zero-order valence-electron chi connectivity index (χ0n) is 11.3. The number of amides is 1. The predicted molar refractivity (Wildman–Crippen MR) is 72.3 cm³/mol. The average molecular weight is 258 g/mol. The van der Waals surface area contributed by atoms with Crippen molar-refractivity contribution in [2.45, 2.75) is 26.9 Å². The minimum Gasteiger partial charge on any atom is -0.337 e. The van der Waals surface area contributed by atoms with Crippen LogP contribution in [0.25, 0.3) is 0 Å². The SMILES string of the molecule is CCN(Cc1ccccc1)C(=O)Cn1nncc1C. The van der Waals surface area contributed by atoms with Gasteiger partial charge >= 0.3 is 0 Å². The van der Waals surface area contributed by atoms with Gasteiger partial charge in [-0.15, -0.1) is 5.10 Å². The molecule has 0 saturated carbocycles. The molecule has 0 aliphatic rings. The van der Waals surface area contributed by atoms with Crippen molar-refractivity contribution in [2.75, 3.05) is 6.54 Å². The largest absolute Gasteiger partial charge is 0.337 e. The summed E-state index contributed by atoms with van der Waals surface area (Å²) in [4.78, 5) is 14.1. The molecule has 2 rings (SSSR count). The Morgan fingerprint density at radius 1 is 1.32 bits per heavy atom. The number of rotatable bonds is 5. The van der Waals surface area contributed by atoms with Gasteiger partial charge in [0.05, 0.1) is 11.9 Å². The van der Waals surface area contributed by atoms with Gasteiger partial charge in [0.15, 0.2) is 0 Å². The fourth-order valence-electron chi connectivity index (χ4n) is 1.87. The topological polar surface area (TPSA) is 51.0 Å². The predicted octanol–water partition coefficient (Wildman–Crippen LogP) is 1.64. The molecular weight excluding hydrogens is 240 g/mol. The average Bonchev–Trinajstić information content (AvgIpc) is 2.82. The number of hydrogen-bond donors (Lipinski definition) is 0. The molecule has 0 saturated heterocycles. The van der Waals surface area contributed by atoms with E-state index in [0.29, 0.717) is 13.1 Å². The summed E-state index contributed by atoms with van der Waals surface area (Å²) < 4.78 is 1.62. The van der Waals surface area contributed by atoms with Crippen LogP contribution < -0.4 is 0 Å². The molecule has 0 spiro atoms.